The molecule has 1 saturated heterocycles. The lowest BCUT2D eigenvalue weighted by Gasteiger charge is -2.27. The second-order valence-corrected chi connectivity index (χ2v) is 6.31. The maximum Gasteiger partial charge on any atom is 0.234 e. The Morgan fingerprint density at radius 1 is 1.29 bits per heavy atom. The van der Waals surface area contributed by atoms with Gasteiger partial charge >= 0.3 is 0 Å². The van der Waals surface area contributed by atoms with Crippen LogP contribution in [0.2, 0.25) is 0 Å². The van der Waals surface area contributed by atoms with Crippen molar-refractivity contribution in [1.29, 1.82) is 0 Å². The van der Waals surface area contributed by atoms with Crippen molar-refractivity contribution in [3.05, 3.63) is 18.2 Å². The van der Waals surface area contributed by atoms with E-state index in [4.69, 9.17) is 4.74 Å². The first-order valence-corrected chi connectivity index (χ1v) is 8.42. The number of piperazine rings is 1. The van der Waals surface area contributed by atoms with Gasteiger partial charge in [0.15, 0.2) is 0 Å². The van der Waals surface area contributed by atoms with Gasteiger partial charge in [-0.3, -0.25) is 4.79 Å². The van der Waals surface area contributed by atoms with Gasteiger partial charge in [-0.15, -0.1) is 11.8 Å². The zero-order valence-electron chi connectivity index (χ0n) is 12.1. The minimum Gasteiger partial charge on any atom is -0.494 e. The number of hydrogen-bond donors (Lipinski definition) is 2. The first kappa shape index (κ1) is 14.7. The number of amides is 1. The van der Waals surface area contributed by atoms with Crippen molar-refractivity contribution < 1.29 is 9.53 Å². The van der Waals surface area contributed by atoms with Gasteiger partial charge in [0.05, 0.1) is 18.0 Å². The summed E-state index contributed by atoms with van der Waals surface area (Å²) >= 11 is 1.57. The Hall–Kier alpha value is -1.24. The van der Waals surface area contributed by atoms with Gasteiger partial charge in [-0.25, -0.2) is 0 Å². The number of benzene rings is 1. The van der Waals surface area contributed by atoms with E-state index in [-0.39, 0.29) is 5.91 Å². The minimum absolute atomic E-state index is 0.0668. The number of nitrogens with zero attached hydrogens (tertiary/aromatic N) is 1. The third kappa shape index (κ3) is 4.12. The molecule has 1 fully saturated rings. The summed E-state index contributed by atoms with van der Waals surface area (Å²) in [6.45, 7) is 6.28. The number of rotatable bonds is 5. The van der Waals surface area contributed by atoms with Crippen LogP contribution >= 0.6 is 11.8 Å². The summed E-state index contributed by atoms with van der Waals surface area (Å²) in [5.41, 5.74) is 0.893. The summed E-state index contributed by atoms with van der Waals surface area (Å²) in [5, 5.41) is 6.23. The van der Waals surface area contributed by atoms with Gasteiger partial charge in [0.2, 0.25) is 5.91 Å². The zero-order chi connectivity index (χ0) is 14.5. The van der Waals surface area contributed by atoms with Crippen molar-refractivity contribution in [2.45, 2.75) is 11.3 Å². The van der Waals surface area contributed by atoms with Crippen LogP contribution in [0.1, 0.15) is 6.42 Å². The fourth-order valence-corrected chi connectivity index (χ4v) is 3.39. The Balaban J connectivity index is 1.44. The number of fused-ring (bicyclic) bond motifs is 1. The van der Waals surface area contributed by atoms with Gasteiger partial charge < -0.3 is 20.3 Å². The maximum absolute atomic E-state index is 11.3. The molecule has 2 heterocycles. The van der Waals surface area contributed by atoms with Crippen LogP contribution in [0.15, 0.2) is 23.1 Å². The average molecular weight is 307 g/mol. The van der Waals surface area contributed by atoms with E-state index in [0.717, 1.165) is 62.1 Å². The third-order valence-electron chi connectivity index (χ3n) is 3.68. The van der Waals surface area contributed by atoms with E-state index in [1.54, 1.807) is 11.8 Å². The quantitative estimate of drug-likeness (QED) is 0.806. The van der Waals surface area contributed by atoms with Crippen LogP contribution in [0, 0.1) is 0 Å². The molecule has 0 atom stereocenters. The molecule has 21 heavy (non-hydrogen) atoms. The summed E-state index contributed by atoms with van der Waals surface area (Å²) in [4.78, 5) is 14.9. The second-order valence-electron chi connectivity index (χ2n) is 5.29. The predicted octanol–water partition coefficient (Wildman–Crippen LogP) is 1.40. The van der Waals surface area contributed by atoms with Gasteiger partial charge in [0.1, 0.15) is 5.75 Å². The number of nitrogens with one attached hydrogen (secondary N) is 2. The van der Waals surface area contributed by atoms with Crippen molar-refractivity contribution in [3.8, 4) is 5.75 Å². The third-order valence-corrected chi connectivity index (χ3v) is 4.74. The fraction of sp³-hybridized carbons (Fsp3) is 0.533. The van der Waals surface area contributed by atoms with Crippen LogP contribution in [-0.4, -0.2) is 55.9 Å². The maximum atomic E-state index is 11.3. The van der Waals surface area contributed by atoms with Crippen molar-refractivity contribution in [2.24, 2.45) is 0 Å². The van der Waals surface area contributed by atoms with Crippen LogP contribution in [0.3, 0.4) is 0 Å². The molecule has 1 aromatic carbocycles. The van der Waals surface area contributed by atoms with Crippen LogP contribution in [0.25, 0.3) is 0 Å². The largest absolute Gasteiger partial charge is 0.494 e. The second kappa shape index (κ2) is 7.15. The molecule has 1 amide bonds. The number of thioether (sulfide) groups is 1. The number of carbonyl (C=O) groups excluding carboxylic acids is 1. The van der Waals surface area contributed by atoms with E-state index in [1.807, 2.05) is 18.2 Å². The van der Waals surface area contributed by atoms with Crippen LogP contribution in [-0.2, 0) is 4.79 Å². The lowest BCUT2D eigenvalue weighted by Crippen LogP contribution is -2.43. The summed E-state index contributed by atoms with van der Waals surface area (Å²) in [7, 11) is 0. The fourth-order valence-electron chi connectivity index (χ4n) is 2.56. The van der Waals surface area contributed by atoms with Crippen LogP contribution in [0.4, 0.5) is 5.69 Å². The summed E-state index contributed by atoms with van der Waals surface area (Å²) < 4.78 is 5.82. The van der Waals surface area contributed by atoms with E-state index < -0.39 is 0 Å². The molecule has 2 aliphatic rings. The van der Waals surface area contributed by atoms with Crippen molar-refractivity contribution in [1.82, 2.24) is 10.2 Å². The van der Waals surface area contributed by atoms with E-state index in [9.17, 15) is 4.79 Å². The Morgan fingerprint density at radius 3 is 3.00 bits per heavy atom. The van der Waals surface area contributed by atoms with E-state index in [1.165, 1.54) is 0 Å². The zero-order valence-corrected chi connectivity index (χ0v) is 12.9. The van der Waals surface area contributed by atoms with Gasteiger partial charge in [-0.05, 0) is 24.6 Å². The Morgan fingerprint density at radius 2 is 2.14 bits per heavy atom. The smallest absolute Gasteiger partial charge is 0.234 e. The summed E-state index contributed by atoms with van der Waals surface area (Å²) in [6, 6.07) is 5.87. The lowest BCUT2D eigenvalue weighted by molar-refractivity contribution is -0.113. The van der Waals surface area contributed by atoms with Gasteiger partial charge in [-0.2, -0.15) is 0 Å². The van der Waals surface area contributed by atoms with Crippen LogP contribution < -0.4 is 15.4 Å². The molecule has 0 unspecified atom stereocenters. The molecule has 0 aromatic heterocycles. The average Bonchev–Trinajstić information content (AvgIpc) is 2.52. The molecule has 2 aliphatic heterocycles. The standard InChI is InChI=1S/C15H21N3O2S/c19-15-11-21-14-10-12(2-3-13(14)17-15)20-9-1-6-18-7-4-16-5-8-18/h2-3,10,16H,1,4-9,11H2,(H,17,19). The molecule has 1 aromatic rings. The molecular formula is C15H21N3O2S. The highest BCUT2D eigenvalue weighted by atomic mass is 32.2. The molecular weight excluding hydrogens is 286 g/mol. The molecule has 0 saturated carbocycles. The molecule has 0 spiro atoms. The monoisotopic (exact) mass is 307 g/mol. The van der Waals surface area contributed by atoms with Crippen molar-refractivity contribution >= 4 is 23.4 Å². The van der Waals surface area contributed by atoms with Gasteiger partial charge in [0.25, 0.3) is 0 Å². The summed E-state index contributed by atoms with van der Waals surface area (Å²) in [6.07, 6.45) is 1.04. The van der Waals surface area contributed by atoms with E-state index in [0.29, 0.717) is 5.75 Å². The van der Waals surface area contributed by atoms with Gasteiger partial charge in [-0.1, -0.05) is 0 Å². The first-order chi connectivity index (χ1) is 10.3. The molecule has 0 bridgehead atoms. The topological polar surface area (TPSA) is 53.6 Å². The molecule has 114 valence electrons. The Kier molecular flexibility index (Phi) is 5.00. The summed E-state index contributed by atoms with van der Waals surface area (Å²) in [5.74, 6) is 1.44. The van der Waals surface area contributed by atoms with E-state index >= 15 is 0 Å². The SMILES string of the molecule is O=C1CSc2cc(OCCCN3CCNCC3)ccc2N1. The highest BCUT2D eigenvalue weighted by molar-refractivity contribution is 8.00. The molecule has 2 N–H and O–H groups in total. The van der Waals surface area contributed by atoms with Crippen molar-refractivity contribution in [2.75, 3.05) is 50.4 Å². The number of anilines is 1. The molecule has 3 rings (SSSR count). The highest BCUT2D eigenvalue weighted by Gasteiger charge is 2.15. The van der Waals surface area contributed by atoms with Crippen molar-refractivity contribution in [3.63, 3.8) is 0 Å². The number of carbonyl (C=O) groups is 1. The lowest BCUT2D eigenvalue weighted by atomic mass is 10.3. The van der Waals surface area contributed by atoms with Gasteiger partial charge in [0, 0.05) is 37.6 Å². The van der Waals surface area contributed by atoms with Crippen LogP contribution in [0.5, 0.6) is 5.75 Å². The Labute approximate surface area is 129 Å². The predicted molar refractivity (Wildman–Crippen MR) is 85.2 cm³/mol. The molecule has 0 radical (unpaired) electrons. The number of hydrogen-bond acceptors (Lipinski definition) is 5. The minimum atomic E-state index is 0.0668. The molecule has 0 aliphatic carbocycles. The normalized spacial score (nSPS) is 19.0. The molecule has 6 heteroatoms. The Bertz CT molecular complexity index is 504. The number of ether oxygens (including phenoxy) is 1. The molecule has 5 nitrogen and oxygen atoms in total. The first-order valence-electron chi connectivity index (χ1n) is 7.44. The van der Waals surface area contributed by atoms with E-state index in [2.05, 4.69) is 15.5 Å². The highest BCUT2D eigenvalue weighted by Crippen LogP contribution is 2.34.